The molecule has 0 saturated carbocycles. The Hall–Kier alpha value is -2.07. The van der Waals surface area contributed by atoms with Gasteiger partial charge in [-0.15, -0.1) is 0 Å². The van der Waals surface area contributed by atoms with E-state index >= 15 is 0 Å². The molecule has 2 aromatic rings. The molecular weight excluding hydrogens is 276 g/mol. The fraction of sp³-hybridized carbons (Fsp3) is 0.200. The van der Waals surface area contributed by atoms with Gasteiger partial charge in [0.05, 0.1) is 10.7 Å². The van der Waals surface area contributed by atoms with Crippen LogP contribution in [0.1, 0.15) is 23.1 Å². The monoisotopic (exact) mass is 288 g/mol. The number of aromatic nitrogens is 1. The highest BCUT2D eigenvalue weighted by atomic mass is 35.5. The lowest BCUT2D eigenvalue weighted by molar-refractivity contribution is 0.303. The number of rotatable bonds is 3. The molecule has 5 heteroatoms. The van der Waals surface area contributed by atoms with E-state index in [-0.39, 0.29) is 0 Å². The normalized spacial score (nSPS) is 15.3. The molecule has 0 unspecified atom stereocenters. The van der Waals surface area contributed by atoms with Crippen LogP contribution in [-0.4, -0.2) is 15.9 Å². The van der Waals surface area contributed by atoms with Gasteiger partial charge >= 0.3 is 0 Å². The van der Waals surface area contributed by atoms with Crippen LogP contribution in [0.4, 0.5) is 0 Å². The van der Waals surface area contributed by atoms with Crippen LogP contribution in [0.3, 0.4) is 0 Å². The highest BCUT2D eigenvalue weighted by molar-refractivity contribution is 6.31. The first-order chi connectivity index (χ1) is 9.79. The lowest BCUT2D eigenvalue weighted by Gasteiger charge is -2.11. The Kier molecular flexibility index (Phi) is 3.56. The molecule has 1 aliphatic carbocycles. The van der Waals surface area contributed by atoms with E-state index in [0.717, 1.165) is 35.3 Å². The number of ether oxygens (including phenoxy) is 1. The maximum atomic E-state index is 8.97. The number of benzene rings is 1. The van der Waals surface area contributed by atoms with Crippen molar-refractivity contribution >= 4 is 17.3 Å². The molecular formula is C15H13ClN2O2. The number of hydrogen-bond acceptors (Lipinski definition) is 4. The van der Waals surface area contributed by atoms with E-state index in [4.69, 9.17) is 21.5 Å². The van der Waals surface area contributed by atoms with Crippen molar-refractivity contribution < 1.29 is 9.94 Å². The SMILES string of the molecule is ON=C1CCc2c(OCc3ccncc3Cl)cccc21. The number of fused-ring (bicyclic) bond motifs is 1. The summed E-state index contributed by atoms with van der Waals surface area (Å²) in [5, 5.41) is 12.9. The molecule has 0 radical (unpaired) electrons. The second kappa shape index (κ2) is 5.51. The summed E-state index contributed by atoms with van der Waals surface area (Å²) in [6.45, 7) is 0.392. The lowest BCUT2D eigenvalue weighted by atomic mass is 10.1. The summed E-state index contributed by atoms with van der Waals surface area (Å²) in [4.78, 5) is 3.95. The molecule has 0 amide bonds. The fourth-order valence-corrected chi connectivity index (χ4v) is 2.56. The van der Waals surface area contributed by atoms with Gasteiger partial charge in [-0.1, -0.05) is 28.9 Å². The van der Waals surface area contributed by atoms with Gasteiger partial charge in [0, 0.05) is 29.1 Å². The third kappa shape index (κ3) is 2.34. The fourth-order valence-electron chi connectivity index (χ4n) is 2.39. The van der Waals surface area contributed by atoms with Gasteiger partial charge in [0.15, 0.2) is 0 Å². The Balaban J connectivity index is 1.83. The molecule has 0 aliphatic heterocycles. The van der Waals surface area contributed by atoms with E-state index in [1.165, 1.54) is 0 Å². The van der Waals surface area contributed by atoms with Crippen LogP contribution < -0.4 is 4.74 Å². The van der Waals surface area contributed by atoms with Crippen LogP contribution >= 0.6 is 11.6 Å². The Morgan fingerprint density at radius 2 is 2.20 bits per heavy atom. The molecule has 4 nitrogen and oxygen atoms in total. The zero-order chi connectivity index (χ0) is 13.9. The van der Waals surface area contributed by atoms with Crippen molar-refractivity contribution in [3.63, 3.8) is 0 Å². The van der Waals surface area contributed by atoms with E-state index in [2.05, 4.69) is 10.1 Å². The van der Waals surface area contributed by atoms with Crippen LogP contribution in [0, 0.1) is 0 Å². The zero-order valence-electron chi connectivity index (χ0n) is 10.7. The van der Waals surface area contributed by atoms with Gasteiger partial charge in [0.2, 0.25) is 0 Å². The average Bonchev–Trinajstić information content (AvgIpc) is 2.90. The van der Waals surface area contributed by atoms with E-state index in [9.17, 15) is 0 Å². The van der Waals surface area contributed by atoms with Crippen LogP contribution in [0.25, 0.3) is 0 Å². The minimum Gasteiger partial charge on any atom is -0.489 e. The van der Waals surface area contributed by atoms with Crippen molar-refractivity contribution in [3.8, 4) is 5.75 Å². The van der Waals surface area contributed by atoms with Gasteiger partial charge < -0.3 is 9.94 Å². The zero-order valence-corrected chi connectivity index (χ0v) is 11.5. The van der Waals surface area contributed by atoms with Crippen molar-refractivity contribution in [2.75, 3.05) is 0 Å². The lowest BCUT2D eigenvalue weighted by Crippen LogP contribution is -2.00. The van der Waals surface area contributed by atoms with Crippen molar-refractivity contribution in [3.05, 3.63) is 58.4 Å². The Morgan fingerprint density at radius 1 is 1.30 bits per heavy atom. The minimum absolute atomic E-state index is 0.392. The second-order valence-corrected chi connectivity index (χ2v) is 4.99. The van der Waals surface area contributed by atoms with Crippen molar-refractivity contribution in [2.45, 2.75) is 19.4 Å². The second-order valence-electron chi connectivity index (χ2n) is 4.58. The molecule has 1 aliphatic rings. The van der Waals surface area contributed by atoms with Gasteiger partial charge in [-0.2, -0.15) is 0 Å². The Bertz CT molecular complexity index is 671. The van der Waals surface area contributed by atoms with Gasteiger partial charge in [0.25, 0.3) is 0 Å². The van der Waals surface area contributed by atoms with Crippen LogP contribution in [0.5, 0.6) is 5.75 Å². The van der Waals surface area contributed by atoms with Crippen molar-refractivity contribution in [1.82, 2.24) is 4.98 Å². The number of nitrogens with zero attached hydrogens (tertiary/aromatic N) is 2. The quantitative estimate of drug-likeness (QED) is 0.695. The molecule has 0 spiro atoms. The Morgan fingerprint density at radius 3 is 3.00 bits per heavy atom. The summed E-state index contributed by atoms with van der Waals surface area (Å²) in [5.41, 5.74) is 3.66. The molecule has 0 atom stereocenters. The summed E-state index contributed by atoms with van der Waals surface area (Å²) < 4.78 is 5.86. The van der Waals surface area contributed by atoms with E-state index in [1.54, 1.807) is 12.4 Å². The number of pyridine rings is 1. The first-order valence-corrected chi connectivity index (χ1v) is 6.72. The predicted molar refractivity (Wildman–Crippen MR) is 76.7 cm³/mol. The summed E-state index contributed by atoms with van der Waals surface area (Å²) in [6, 6.07) is 7.61. The number of hydrogen-bond donors (Lipinski definition) is 1. The average molecular weight is 289 g/mol. The summed E-state index contributed by atoms with van der Waals surface area (Å²) in [6.07, 6.45) is 4.86. The first kappa shape index (κ1) is 12.9. The molecule has 1 aromatic carbocycles. The summed E-state index contributed by atoms with van der Waals surface area (Å²) in [5.74, 6) is 0.814. The van der Waals surface area contributed by atoms with Crippen LogP contribution in [0.2, 0.25) is 5.02 Å². The summed E-state index contributed by atoms with van der Waals surface area (Å²) >= 11 is 6.06. The third-order valence-electron chi connectivity index (χ3n) is 3.42. The Labute approximate surface area is 121 Å². The third-order valence-corrected chi connectivity index (χ3v) is 3.76. The van der Waals surface area contributed by atoms with E-state index in [1.807, 2.05) is 24.3 Å². The van der Waals surface area contributed by atoms with Gasteiger partial charge in [-0.05, 0) is 25.0 Å². The molecule has 20 heavy (non-hydrogen) atoms. The maximum absolute atomic E-state index is 8.97. The highest BCUT2D eigenvalue weighted by Gasteiger charge is 2.21. The van der Waals surface area contributed by atoms with Crippen molar-refractivity contribution in [2.24, 2.45) is 5.16 Å². The number of halogens is 1. The number of oxime groups is 1. The highest BCUT2D eigenvalue weighted by Crippen LogP contribution is 2.31. The predicted octanol–water partition coefficient (Wildman–Crippen LogP) is 3.44. The molecule has 3 rings (SSSR count). The van der Waals surface area contributed by atoms with E-state index < -0.39 is 0 Å². The molecule has 1 aromatic heterocycles. The van der Waals surface area contributed by atoms with E-state index in [0.29, 0.717) is 17.3 Å². The maximum Gasteiger partial charge on any atom is 0.123 e. The summed E-state index contributed by atoms with van der Waals surface area (Å²) in [7, 11) is 0. The molecule has 1 heterocycles. The molecule has 102 valence electrons. The largest absolute Gasteiger partial charge is 0.489 e. The molecule has 0 fully saturated rings. The van der Waals surface area contributed by atoms with Crippen LogP contribution in [-0.2, 0) is 13.0 Å². The van der Waals surface area contributed by atoms with Crippen LogP contribution in [0.15, 0.2) is 41.8 Å². The smallest absolute Gasteiger partial charge is 0.123 e. The first-order valence-electron chi connectivity index (χ1n) is 6.34. The van der Waals surface area contributed by atoms with Gasteiger partial charge in [-0.25, -0.2) is 0 Å². The molecule has 1 N–H and O–H groups in total. The molecule has 0 bridgehead atoms. The standard InChI is InChI=1S/C15H13ClN2O2/c16-13-8-17-7-6-10(13)9-20-15-3-1-2-11-12(15)4-5-14(11)18-19/h1-3,6-8,19H,4-5,9H2. The topological polar surface area (TPSA) is 54.7 Å². The minimum atomic E-state index is 0.392. The van der Waals surface area contributed by atoms with Gasteiger partial charge in [-0.3, -0.25) is 4.98 Å². The van der Waals surface area contributed by atoms with Gasteiger partial charge in [0.1, 0.15) is 12.4 Å². The van der Waals surface area contributed by atoms with Crippen molar-refractivity contribution in [1.29, 1.82) is 0 Å². The molecule has 0 saturated heterocycles.